The highest BCUT2D eigenvalue weighted by atomic mass is 32.2. The molecule has 29 heavy (non-hydrogen) atoms. The Morgan fingerprint density at radius 1 is 1.28 bits per heavy atom. The van der Waals surface area contributed by atoms with Crippen LogP contribution in [0.4, 0.5) is 10.8 Å². The molecule has 0 saturated carbocycles. The first-order chi connectivity index (χ1) is 13.8. The summed E-state index contributed by atoms with van der Waals surface area (Å²) in [5.74, 6) is -0.274. The molecule has 3 aromatic rings. The van der Waals surface area contributed by atoms with Gasteiger partial charge < -0.3 is 10.6 Å². The minimum Gasteiger partial charge on any atom is -0.360 e. The third kappa shape index (κ3) is 6.51. The SMILES string of the molecule is CC(Sc1nnc(NCCc2cccs2)s1)C(=O)Nc1cccc(S(N)(=O)=O)c1. The zero-order valence-electron chi connectivity index (χ0n) is 15.4. The van der Waals surface area contributed by atoms with Crippen LogP contribution in [0.25, 0.3) is 0 Å². The fourth-order valence-electron chi connectivity index (χ4n) is 2.28. The monoisotopic (exact) mass is 469 g/mol. The first kappa shape index (κ1) is 21.7. The summed E-state index contributed by atoms with van der Waals surface area (Å²) in [7, 11) is -3.83. The second-order valence-corrected chi connectivity index (χ2v) is 11.1. The van der Waals surface area contributed by atoms with Crippen LogP contribution in [0, 0.1) is 0 Å². The molecule has 3 rings (SSSR count). The number of primary sulfonamides is 1. The van der Waals surface area contributed by atoms with Gasteiger partial charge in [0, 0.05) is 17.1 Å². The molecule has 8 nitrogen and oxygen atoms in total. The van der Waals surface area contributed by atoms with Crippen molar-refractivity contribution in [2.24, 2.45) is 5.14 Å². The Morgan fingerprint density at radius 2 is 2.10 bits per heavy atom. The highest BCUT2D eigenvalue weighted by Crippen LogP contribution is 2.29. The summed E-state index contributed by atoms with van der Waals surface area (Å²) in [4.78, 5) is 13.7. The van der Waals surface area contributed by atoms with E-state index in [0.29, 0.717) is 15.2 Å². The van der Waals surface area contributed by atoms with Crippen molar-refractivity contribution >= 4 is 61.2 Å². The third-order valence-electron chi connectivity index (χ3n) is 3.71. The molecule has 0 aliphatic heterocycles. The number of amides is 1. The number of carbonyl (C=O) groups excluding carboxylic acids is 1. The lowest BCUT2D eigenvalue weighted by Crippen LogP contribution is -2.22. The molecule has 1 unspecified atom stereocenters. The number of nitrogens with two attached hydrogens (primary N) is 1. The van der Waals surface area contributed by atoms with Crippen LogP contribution in [-0.4, -0.2) is 36.3 Å². The van der Waals surface area contributed by atoms with Crippen molar-refractivity contribution in [1.29, 1.82) is 0 Å². The van der Waals surface area contributed by atoms with Gasteiger partial charge in [-0.25, -0.2) is 13.6 Å². The van der Waals surface area contributed by atoms with E-state index in [1.807, 2.05) is 11.4 Å². The molecule has 0 fully saturated rings. The molecule has 0 aliphatic carbocycles. The predicted octanol–water partition coefficient (Wildman–Crippen LogP) is 3.02. The fourth-order valence-corrected chi connectivity index (χ4v) is 5.47. The molecule has 4 N–H and O–H groups in total. The van der Waals surface area contributed by atoms with Crippen molar-refractivity contribution in [3.05, 3.63) is 46.7 Å². The van der Waals surface area contributed by atoms with Crippen LogP contribution in [-0.2, 0) is 21.2 Å². The maximum Gasteiger partial charge on any atom is 0.238 e. The van der Waals surface area contributed by atoms with Crippen LogP contribution in [0.1, 0.15) is 11.8 Å². The van der Waals surface area contributed by atoms with Crippen LogP contribution < -0.4 is 15.8 Å². The minimum absolute atomic E-state index is 0.0574. The van der Waals surface area contributed by atoms with Gasteiger partial charge in [-0.1, -0.05) is 35.2 Å². The van der Waals surface area contributed by atoms with Crippen LogP contribution >= 0.6 is 34.4 Å². The van der Waals surface area contributed by atoms with Crippen molar-refractivity contribution in [2.45, 2.75) is 27.8 Å². The van der Waals surface area contributed by atoms with Crippen molar-refractivity contribution in [2.75, 3.05) is 17.2 Å². The highest BCUT2D eigenvalue weighted by molar-refractivity contribution is 8.02. The molecule has 0 aliphatic rings. The van der Waals surface area contributed by atoms with Crippen molar-refractivity contribution in [3.8, 4) is 0 Å². The van der Waals surface area contributed by atoms with Gasteiger partial charge in [0.05, 0.1) is 10.1 Å². The lowest BCUT2D eigenvalue weighted by atomic mass is 10.3. The molecular weight excluding hydrogens is 450 g/mol. The number of sulfonamides is 1. The van der Waals surface area contributed by atoms with Gasteiger partial charge in [0.25, 0.3) is 0 Å². The van der Waals surface area contributed by atoms with Gasteiger partial charge in [0.1, 0.15) is 0 Å². The largest absolute Gasteiger partial charge is 0.360 e. The van der Waals surface area contributed by atoms with E-state index in [1.165, 1.54) is 46.2 Å². The van der Waals surface area contributed by atoms with Crippen LogP contribution in [0.5, 0.6) is 0 Å². The summed E-state index contributed by atoms with van der Waals surface area (Å²) in [6.45, 7) is 2.51. The number of hydrogen-bond donors (Lipinski definition) is 3. The molecule has 2 heterocycles. The Kier molecular flexibility index (Phi) is 7.24. The van der Waals surface area contributed by atoms with Gasteiger partial charge >= 0.3 is 0 Å². The summed E-state index contributed by atoms with van der Waals surface area (Å²) in [5, 5.41) is 21.6. The number of aromatic nitrogens is 2. The zero-order chi connectivity index (χ0) is 20.9. The standard InChI is InChI=1S/C17H19N5O3S4/c1-11(15(23)20-12-4-2-6-14(10-12)29(18,24)25)27-17-22-21-16(28-17)19-8-7-13-5-3-9-26-13/h2-6,9-11H,7-8H2,1H3,(H,19,21)(H,20,23)(H2,18,24,25). The Morgan fingerprint density at radius 3 is 2.83 bits per heavy atom. The van der Waals surface area contributed by atoms with Gasteiger partial charge in [0.2, 0.25) is 21.1 Å². The van der Waals surface area contributed by atoms with E-state index in [-0.39, 0.29) is 10.8 Å². The van der Waals surface area contributed by atoms with E-state index in [2.05, 4.69) is 26.9 Å². The molecule has 1 atom stereocenters. The Balaban J connectivity index is 1.51. The number of rotatable bonds is 9. The summed E-state index contributed by atoms with van der Waals surface area (Å²) in [5.41, 5.74) is 0.363. The predicted molar refractivity (Wildman–Crippen MR) is 118 cm³/mol. The van der Waals surface area contributed by atoms with Gasteiger partial charge in [-0.05, 0) is 43.0 Å². The third-order valence-corrected chi connectivity index (χ3v) is 7.62. The number of carbonyl (C=O) groups is 1. The molecule has 1 amide bonds. The Labute approximate surface area is 181 Å². The summed E-state index contributed by atoms with van der Waals surface area (Å²) in [6.07, 6.45) is 0.913. The van der Waals surface area contributed by atoms with Gasteiger partial charge in [-0.2, -0.15) is 0 Å². The van der Waals surface area contributed by atoms with E-state index in [0.717, 1.165) is 13.0 Å². The second kappa shape index (κ2) is 9.67. The molecule has 2 aromatic heterocycles. The topological polar surface area (TPSA) is 127 Å². The number of benzene rings is 1. The number of anilines is 2. The average molecular weight is 470 g/mol. The normalized spacial score (nSPS) is 12.5. The summed E-state index contributed by atoms with van der Waals surface area (Å²) >= 11 is 4.39. The first-order valence-corrected chi connectivity index (χ1v) is 12.6. The second-order valence-electron chi connectivity index (χ2n) is 5.95. The van der Waals surface area contributed by atoms with E-state index >= 15 is 0 Å². The molecule has 0 radical (unpaired) electrons. The highest BCUT2D eigenvalue weighted by Gasteiger charge is 2.18. The number of hydrogen-bond acceptors (Lipinski definition) is 9. The molecular formula is C17H19N5O3S4. The lowest BCUT2D eigenvalue weighted by molar-refractivity contribution is -0.115. The maximum atomic E-state index is 12.4. The number of thioether (sulfide) groups is 1. The first-order valence-electron chi connectivity index (χ1n) is 8.51. The van der Waals surface area contributed by atoms with Crippen molar-refractivity contribution in [3.63, 3.8) is 0 Å². The van der Waals surface area contributed by atoms with E-state index in [9.17, 15) is 13.2 Å². The molecule has 0 saturated heterocycles. The molecule has 1 aromatic carbocycles. The quantitative estimate of drug-likeness (QED) is 0.411. The van der Waals surface area contributed by atoms with E-state index < -0.39 is 15.3 Å². The summed E-state index contributed by atoms with van der Waals surface area (Å²) in [6, 6.07) is 9.93. The van der Waals surface area contributed by atoms with Crippen LogP contribution in [0.3, 0.4) is 0 Å². The lowest BCUT2D eigenvalue weighted by Gasteiger charge is -2.11. The Bertz CT molecular complexity index is 1070. The Hall–Kier alpha value is -1.99. The van der Waals surface area contributed by atoms with Crippen LogP contribution in [0.15, 0.2) is 51.0 Å². The van der Waals surface area contributed by atoms with Crippen molar-refractivity contribution in [1.82, 2.24) is 10.2 Å². The molecule has 12 heteroatoms. The summed E-state index contributed by atoms with van der Waals surface area (Å²) < 4.78 is 23.5. The van der Waals surface area contributed by atoms with Gasteiger partial charge in [-0.3, -0.25) is 4.79 Å². The van der Waals surface area contributed by atoms with Crippen molar-refractivity contribution < 1.29 is 13.2 Å². The molecule has 154 valence electrons. The fraction of sp³-hybridized carbons (Fsp3) is 0.235. The number of nitrogens with zero attached hydrogens (tertiary/aromatic N) is 2. The smallest absolute Gasteiger partial charge is 0.238 e. The van der Waals surface area contributed by atoms with E-state index in [4.69, 9.17) is 5.14 Å². The molecule has 0 bridgehead atoms. The number of nitrogens with one attached hydrogen (secondary N) is 2. The number of thiophene rings is 1. The molecule has 0 spiro atoms. The zero-order valence-corrected chi connectivity index (χ0v) is 18.6. The van der Waals surface area contributed by atoms with Gasteiger partial charge in [0.15, 0.2) is 4.34 Å². The van der Waals surface area contributed by atoms with Crippen LogP contribution in [0.2, 0.25) is 0 Å². The minimum atomic E-state index is -3.83. The average Bonchev–Trinajstić information content (AvgIpc) is 3.33. The van der Waals surface area contributed by atoms with Gasteiger partial charge in [-0.15, -0.1) is 21.5 Å². The maximum absolute atomic E-state index is 12.4. The van der Waals surface area contributed by atoms with E-state index in [1.54, 1.807) is 24.3 Å².